The van der Waals surface area contributed by atoms with Gasteiger partial charge in [-0.2, -0.15) is 0 Å². The van der Waals surface area contributed by atoms with Crippen molar-refractivity contribution in [2.24, 2.45) is 5.92 Å². The number of amides is 2. The van der Waals surface area contributed by atoms with Gasteiger partial charge in [0.15, 0.2) is 0 Å². The van der Waals surface area contributed by atoms with Crippen LogP contribution < -0.4 is 15.4 Å². The van der Waals surface area contributed by atoms with Gasteiger partial charge in [-0.25, -0.2) is 0 Å². The Morgan fingerprint density at radius 1 is 0.968 bits per heavy atom. The standard InChI is InChI=1S/C24H31N3O4/c1-18(2)22(27-12-14-30-15-13-27)16-25-23(28)17-26-24(29)19-8-10-21(11-9-19)31-20-6-4-3-5-7-20/h3-11,18,22H,12-17H2,1-2H3,(H,25,28)(H,26,29). The highest BCUT2D eigenvalue weighted by molar-refractivity contribution is 5.96. The summed E-state index contributed by atoms with van der Waals surface area (Å²) in [4.78, 5) is 27.0. The summed E-state index contributed by atoms with van der Waals surface area (Å²) in [6.45, 7) is 8.00. The van der Waals surface area contributed by atoms with Crippen LogP contribution in [-0.4, -0.2) is 62.1 Å². The zero-order valence-corrected chi connectivity index (χ0v) is 18.2. The second-order valence-corrected chi connectivity index (χ2v) is 7.89. The molecule has 1 unspecified atom stereocenters. The molecule has 166 valence electrons. The van der Waals surface area contributed by atoms with Crippen LogP contribution in [0.4, 0.5) is 0 Å². The molecule has 2 amide bonds. The molecular formula is C24H31N3O4. The van der Waals surface area contributed by atoms with Crippen molar-refractivity contribution in [3.05, 3.63) is 60.2 Å². The third-order valence-electron chi connectivity index (χ3n) is 5.30. The van der Waals surface area contributed by atoms with E-state index < -0.39 is 0 Å². The molecule has 7 nitrogen and oxygen atoms in total. The van der Waals surface area contributed by atoms with Crippen LogP contribution in [0.2, 0.25) is 0 Å². The van der Waals surface area contributed by atoms with Gasteiger partial charge in [0.05, 0.1) is 19.8 Å². The van der Waals surface area contributed by atoms with Crippen molar-refractivity contribution in [3.8, 4) is 11.5 Å². The Morgan fingerprint density at radius 2 is 1.61 bits per heavy atom. The van der Waals surface area contributed by atoms with Gasteiger partial charge in [-0.05, 0) is 42.3 Å². The number of hydrogen-bond donors (Lipinski definition) is 2. The van der Waals surface area contributed by atoms with Gasteiger partial charge >= 0.3 is 0 Å². The molecule has 0 aromatic heterocycles. The maximum Gasteiger partial charge on any atom is 0.251 e. The highest BCUT2D eigenvalue weighted by atomic mass is 16.5. The van der Waals surface area contributed by atoms with E-state index in [1.165, 1.54) is 0 Å². The number of nitrogens with zero attached hydrogens (tertiary/aromatic N) is 1. The van der Waals surface area contributed by atoms with Gasteiger partial charge in [-0.3, -0.25) is 14.5 Å². The molecule has 0 spiro atoms. The lowest BCUT2D eigenvalue weighted by atomic mass is 10.0. The molecule has 1 atom stereocenters. The van der Waals surface area contributed by atoms with E-state index in [1.54, 1.807) is 24.3 Å². The Labute approximate surface area is 183 Å². The summed E-state index contributed by atoms with van der Waals surface area (Å²) in [6.07, 6.45) is 0. The first-order valence-electron chi connectivity index (χ1n) is 10.7. The molecule has 2 aromatic rings. The summed E-state index contributed by atoms with van der Waals surface area (Å²) < 4.78 is 11.1. The van der Waals surface area contributed by atoms with Crippen LogP contribution in [0.3, 0.4) is 0 Å². The second-order valence-electron chi connectivity index (χ2n) is 7.89. The fourth-order valence-corrected chi connectivity index (χ4v) is 3.54. The van der Waals surface area contributed by atoms with E-state index in [0.29, 0.717) is 23.8 Å². The Hall–Kier alpha value is -2.90. The summed E-state index contributed by atoms with van der Waals surface area (Å²) in [7, 11) is 0. The molecule has 1 fully saturated rings. The first-order chi connectivity index (χ1) is 15.0. The lowest BCUT2D eigenvalue weighted by Gasteiger charge is -2.36. The molecule has 3 rings (SSSR count). The van der Waals surface area contributed by atoms with Crippen LogP contribution in [0.15, 0.2) is 54.6 Å². The summed E-state index contributed by atoms with van der Waals surface area (Å²) in [5, 5.41) is 5.62. The molecule has 31 heavy (non-hydrogen) atoms. The highest BCUT2D eigenvalue weighted by Crippen LogP contribution is 2.21. The molecule has 1 aliphatic rings. The molecule has 1 saturated heterocycles. The summed E-state index contributed by atoms with van der Waals surface area (Å²) in [6, 6.07) is 16.5. The van der Waals surface area contributed by atoms with Crippen molar-refractivity contribution in [1.29, 1.82) is 0 Å². The monoisotopic (exact) mass is 425 g/mol. The number of para-hydroxylation sites is 1. The third kappa shape index (κ3) is 7.08. The molecule has 1 heterocycles. The topological polar surface area (TPSA) is 79.9 Å². The van der Waals surface area contributed by atoms with E-state index in [2.05, 4.69) is 29.4 Å². The van der Waals surface area contributed by atoms with Gasteiger partial charge < -0.3 is 20.1 Å². The van der Waals surface area contributed by atoms with Gasteiger partial charge in [0, 0.05) is 31.2 Å². The lowest BCUT2D eigenvalue weighted by Crippen LogP contribution is -2.52. The fourth-order valence-electron chi connectivity index (χ4n) is 3.54. The Balaban J connectivity index is 1.43. The molecule has 0 radical (unpaired) electrons. The van der Waals surface area contributed by atoms with Crippen LogP contribution in [0.5, 0.6) is 11.5 Å². The highest BCUT2D eigenvalue weighted by Gasteiger charge is 2.24. The molecule has 0 aliphatic carbocycles. The first kappa shape index (κ1) is 22.8. The molecule has 7 heteroatoms. The summed E-state index contributed by atoms with van der Waals surface area (Å²) >= 11 is 0. The summed E-state index contributed by atoms with van der Waals surface area (Å²) in [5.74, 6) is 1.28. The summed E-state index contributed by atoms with van der Waals surface area (Å²) in [5.41, 5.74) is 0.474. The van der Waals surface area contributed by atoms with E-state index in [0.717, 1.165) is 32.1 Å². The van der Waals surface area contributed by atoms with Gasteiger partial charge in [-0.15, -0.1) is 0 Å². The predicted molar refractivity (Wildman–Crippen MR) is 119 cm³/mol. The van der Waals surface area contributed by atoms with Gasteiger partial charge in [0.25, 0.3) is 5.91 Å². The van der Waals surface area contributed by atoms with Gasteiger partial charge in [-0.1, -0.05) is 32.0 Å². The molecule has 2 aromatic carbocycles. The normalized spacial score (nSPS) is 15.3. The van der Waals surface area contributed by atoms with Gasteiger partial charge in [0.1, 0.15) is 11.5 Å². The first-order valence-corrected chi connectivity index (χ1v) is 10.7. The van der Waals surface area contributed by atoms with Crippen LogP contribution in [0, 0.1) is 5.92 Å². The van der Waals surface area contributed by atoms with Crippen LogP contribution in [0.1, 0.15) is 24.2 Å². The van der Waals surface area contributed by atoms with Crippen molar-refractivity contribution in [2.75, 3.05) is 39.4 Å². The zero-order valence-electron chi connectivity index (χ0n) is 18.2. The number of hydrogen-bond acceptors (Lipinski definition) is 5. The van der Waals surface area contributed by atoms with E-state index in [9.17, 15) is 9.59 Å². The average Bonchev–Trinajstić information content (AvgIpc) is 2.79. The molecule has 2 N–H and O–H groups in total. The van der Waals surface area contributed by atoms with Crippen molar-refractivity contribution in [1.82, 2.24) is 15.5 Å². The molecule has 0 saturated carbocycles. The SMILES string of the molecule is CC(C)C(CNC(=O)CNC(=O)c1ccc(Oc2ccccc2)cc1)N1CCOCC1. The van der Waals surface area contributed by atoms with E-state index >= 15 is 0 Å². The predicted octanol–water partition coefficient (Wildman–Crippen LogP) is 2.68. The Morgan fingerprint density at radius 3 is 2.26 bits per heavy atom. The second kappa shape index (κ2) is 11.5. The maximum atomic E-state index is 12.4. The number of carbonyl (C=O) groups is 2. The number of ether oxygens (including phenoxy) is 2. The Kier molecular flexibility index (Phi) is 8.44. The number of benzene rings is 2. The fraction of sp³-hybridized carbons (Fsp3) is 0.417. The van der Waals surface area contributed by atoms with Crippen LogP contribution in [0.25, 0.3) is 0 Å². The van der Waals surface area contributed by atoms with Crippen LogP contribution >= 0.6 is 0 Å². The molecule has 0 bridgehead atoms. The van der Waals surface area contributed by atoms with Crippen LogP contribution in [-0.2, 0) is 9.53 Å². The minimum absolute atomic E-state index is 0.0605. The van der Waals surface area contributed by atoms with E-state index in [1.807, 2.05) is 30.3 Å². The van der Waals surface area contributed by atoms with E-state index in [-0.39, 0.29) is 24.4 Å². The van der Waals surface area contributed by atoms with Crippen molar-refractivity contribution in [3.63, 3.8) is 0 Å². The number of rotatable bonds is 9. The van der Waals surface area contributed by atoms with Crippen molar-refractivity contribution >= 4 is 11.8 Å². The largest absolute Gasteiger partial charge is 0.457 e. The quantitative estimate of drug-likeness (QED) is 0.646. The third-order valence-corrected chi connectivity index (χ3v) is 5.30. The number of nitrogens with one attached hydrogen (secondary N) is 2. The maximum absolute atomic E-state index is 12.4. The average molecular weight is 426 g/mol. The minimum atomic E-state index is -0.296. The minimum Gasteiger partial charge on any atom is -0.457 e. The molecule has 1 aliphatic heterocycles. The van der Waals surface area contributed by atoms with Crippen molar-refractivity contribution < 1.29 is 19.1 Å². The number of morpholine rings is 1. The lowest BCUT2D eigenvalue weighted by molar-refractivity contribution is -0.120. The smallest absolute Gasteiger partial charge is 0.251 e. The van der Waals surface area contributed by atoms with Gasteiger partial charge in [0.2, 0.25) is 5.91 Å². The van der Waals surface area contributed by atoms with Crippen molar-refractivity contribution in [2.45, 2.75) is 19.9 Å². The Bertz CT molecular complexity index is 834. The van der Waals surface area contributed by atoms with E-state index in [4.69, 9.17) is 9.47 Å². The zero-order chi connectivity index (χ0) is 22.1. The molecular weight excluding hydrogens is 394 g/mol. The number of carbonyl (C=O) groups excluding carboxylic acids is 2.